The maximum absolute atomic E-state index is 11.7. The molecule has 1 N–H and O–H groups in total. The Hall–Kier alpha value is -1.95. The van der Waals surface area contributed by atoms with Gasteiger partial charge in [-0.05, 0) is 19.4 Å². The first-order valence-corrected chi connectivity index (χ1v) is 6.56. The van der Waals surface area contributed by atoms with Gasteiger partial charge in [-0.2, -0.15) is 0 Å². The average molecular weight is 282 g/mol. The molecule has 6 nitrogen and oxygen atoms in total. The van der Waals surface area contributed by atoms with E-state index in [-0.39, 0.29) is 13.4 Å². The van der Waals surface area contributed by atoms with E-state index in [0.29, 0.717) is 35.8 Å². The molecule has 0 spiro atoms. The highest BCUT2D eigenvalue weighted by Gasteiger charge is 2.23. The standard InChI is InChI=1S/C14H18O6/c1-3-10(14(16)17-4-2)20-11-6-13-12(18-8-19-13)5-9(11)7-15/h5-6,10,15H,3-4,7-8H2,1-2H3. The second-order valence-corrected chi connectivity index (χ2v) is 4.24. The summed E-state index contributed by atoms with van der Waals surface area (Å²) in [5, 5.41) is 9.38. The zero-order chi connectivity index (χ0) is 14.5. The first kappa shape index (κ1) is 14.5. The third kappa shape index (κ3) is 2.96. The van der Waals surface area contributed by atoms with Crippen molar-refractivity contribution in [3.05, 3.63) is 17.7 Å². The molecule has 1 aliphatic heterocycles. The van der Waals surface area contributed by atoms with Gasteiger partial charge in [0.2, 0.25) is 6.79 Å². The van der Waals surface area contributed by atoms with Gasteiger partial charge in [0, 0.05) is 11.6 Å². The number of ether oxygens (including phenoxy) is 4. The van der Waals surface area contributed by atoms with Crippen LogP contribution in [0.3, 0.4) is 0 Å². The monoisotopic (exact) mass is 282 g/mol. The highest BCUT2D eigenvalue weighted by atomic mass is 16.7. The molecule has 0 amide bonds. The number of esters is 1. The van der Waals surface area contributed by atoms with Gasteiger partial charge >= 0.3 is 5.97 Å². The molecule has 1 unspecified atom stereocenters. The molecule has 1 heterocycles. The Bertz CT molecular complexity index is 485. The van der Waals surface area contributed by atoms with Crippen LogP contribution in [-0.2, 0) is 16.1 Å². The van der Waals surface area contributed by atoms with Crippen LogP contribution in [0.25, 0.3) is 0 Å². The molecule has 2 rings (SSSR count). The number of benzene rings is 1. The van der Waals surface area contributed by atoms with E-state index in [1.807, 2.05) is 6.92 Å². The van der Waals surface area contributed by atoms with E-state index in [1.165, 1.54) is 0 Å². The first-order chi connectivity index (χ1) is 9.69. The van der Waals surface area contributed by atoms with Crippen LogP contribution in [0, 0.1) is 0 Å². The molecule has 0 fully saturated rings. The van der Waals surface area contributed by atoms with Gasteiger partial charge in [-0.15, -0.1) is 0 Å². The number of fused-ring (bicyclic) bond motifs is 1. The van der Waals surface area contributed by atoms with Gasteiger partial charge in [-0.25, -0.2) is 4.79 Å². The Kier molecular flexibility index (Phi) is 4.68. The van der Waals surface area contributed by atoms with Crippen LogP contribution in [0.2, 0.25) is 0 Å². The predicted molar refractivity (Wildman–Crippen MR) is 69.8 cm³/mol. The summed E-state index contributed by atoms with van der Waals surface area (Å²) >= 11 is 0. The summed E-state index contributed by atoms with van der Waals surface area (Å²) in [6.45, 7) is 3.79. The number of carbonyl (C=O) groups is 1. The number of aliphatic hydroxyl groups excluding tert-OH is 1. The Balaban J connectivity index is 2.21. The lowest BCUT2D eigenvalue weighted by molar-refractivity contribution is -0.151. The van der Waals surface area contributed by atoms with Crippen LogP contribution in [0.4, 0.5) is 0 Å². The molecule has 0 saturated carbocycles. The van der Waals surface area contributed by atoms with E-state index < -0.39 is 12.1 Å². The van der Waals surface area contributed by atoms with Gasteiger partial charge in [-0.1, -0.05) is 6.92 Å². The van der Waals surface area contributed by atoms with Gasteiger partial charge in [0.15, 0.2) is 17.6 Å². The molecule has 1 aromatic rings. The van der Waals surface area contributed by atoms with Crippen molar-refractivity contribution in [2.75, 3.05) is 13.4 Å². The second kappa shape index (κ2) is 6.47. The second-order valence-electron chi connectivity index (χ2n) is 4.24. The van der Waals surface area contributed by atoms with Crippen LogP contribution < -0.4 is 14.2 Å². The highest BCUT2D eigenvalue weighted by Crippen LogP contribution is 2.38. The van der Waals surface area contributed by atoms with Crippen LogP contribution in [0.5, 0.6) is 17.2 Å². The molecule has 0 bridgehead atoms. The van der Waals surface area contributed by atoms with E-state index in [4.69, 9.17) is 18.9 Å². The smallest absolute Gasteiger partial charge is 0.347 e. The summed E-state index contributed by atoms with van der Waals surface area (Å²) in [5.74, 6) is 1.08. The van der Waals surface area contributed by atoms with Crippen molar-refractivity contribution in [3.8, 4) is 17.2 Å². The van der Waals surface area contributed by atoms with Gasteiger partial charge in [0.1, 0.15) is 5.75 Å². The molecule has 1 aliphatic rings. The van der Waals surface area contributed by atoms with Crippen LogP contribution in [0.1, 0.15) is 25.8 Å². The van der Waals surface area contributed by atoms with Crippen LogP contribution in [0.15, 0.2) is 12.1 Å². The molecular weight excluding hydrogens is 264 g/mol. The van der Waals surface area contributed by atoms with E-state index in [1.54, 1.807) is 19.1 Å². The molecule has 1 atom stereocenters. The lowest BCUT2D eigenvalue weighted by atomic mass is 10.1. The van der Waals surface area contributed by atoms with Gasteiger partial charge in [0.05, 0.1) is 13.2 Å². The quantitative estimate of drug-likeness (QED) is 0.799. The van der Waals surface area contributed by atoms with Gasteiger partial charge in [0.25, 0.3) is 0 Å². The summed E-state index contributed by atoms with van der Waals surface area (Å²) in [4.78, 5) is 11.7. The van der Waals surface area contributed by atoms with E-state index in [9.17, 15) is 9.90 Å². The predicted octanol–water partition coefficient (Wildman–Crippen LogP) is 1.63. The minimum Gasteiger partial charge on any atom is -0.478 e. The number of hydrogen-bond acceptors (Lipinski definition) is 6. The lowest BCUT2D eigenvalue weighted by Crippen LogP contribution is -2.29. The van der Waals surface area contributed by atoms with Gasteiger partial charge < -0.3 is 24.1 Å². The van der Waals surface area contributed by atoms with E-state index >= 15 is 0 Å². The minimum absolute atomic E-state index is 0.138. The Morgan fingerprint density at radius 3 is 2.65 bits per heavy atom. The third-order valence-corrected chi connectivity index (χ3v) is 2.92. The zero-order valence-electron chi connectivity index (χ0n) is 11.5. The zero-order valence-corrected chi connectivity index (χ0v) is 11.5. The normalized spacial score (nSPS) is 13.9. The number of aliphatic hydroxyl groups is 1. The van der Waals surface area contributed by atoms with Crippen molar-refractivity contribution in [2.24, 2.45) is 0 Å². The molecular formula is C14H18O6. The Morgan fingerprint density at radius 2 is 2.05 bits per heavy atom. The number of rotatable bonds is 6. The van der Waals surface area contributed by atoms with Crippen molar-refractivity contribution < 1.29 is 28.8 Å². The Labute approximate surface area is 117 Å². The largest absolute Gasteiger partial charge is 0.478 e. The molecule has 0 aromatic heterocycles. The average Bonchev–Trinajstić information content (AvgIpc) is 2.90. The van der Waals surface area contributed by atoms with E-state index in [0.717, 1.165) is 0 Å². The lowest BCUT2D eigenvalue weighted by Gasteiger charge is -2.18. The third-order valence-electron chi connectivity index (χ3n) is 2.92. The van der Waals surface area contributed by atoms with Crippen molar-refractivity contribution in [3.63, 3.8) is 0 Å². The van der Waals surface area contributed by atoms with Crippen LogP contribution in [-0.4, -0.2) is 30.6 Å². The highest BCUT2D eigenvalue weighted by molar-refractivity contribution is 5.75. The summed E-state index contributed by atoms with van der Waals surface area (Å²) in [6, 6.07) is 3.27. The van der Waals surface area contributed by atoms with Crippen LogP contribution >= 0.6 is 0 Å². The first-order valence-electron chi connectivity index (χ1n) is 6.56. The maximum Gasteiger partial charge on any atom is 0.347 e. The fraction of sp³-hybridized carbons (Fsp3) is 0.500. The number of hydrogen-bond donors (Lipinski definition) is 1. The summed E-state index contributed by atoms with van der Waals surface area (Å²) in [5.41, 5.74) is 0.539. The fourth-order valence-electron chi connectivity index (χ4n) is 1.89. The minimum atomic E-state index is -0.708. The van der Waals surface area contributed by atoms with Gasteiger partial charge in [-0.3, -0.25) is 0 Å². The summed E-state index contributed by atoms with van der Waals surface area (Å²) in [7, 11) is 0. The molecule has 110 valence electrons. The van der Waals surface area contributed by atoms with Crippen molar-refractivity contribution in [2.45, 2.75) is 33.0 Å². The molecule has 6 heteroatoms. The van der Waals surface area contributed by atoms with Crippen molar-refractivity contribution >= 4 is 5.97 Å². The van der Waals surface area contributed by atoms with E-state index in [2.05, 4.69) is 0 Å². The molecule has 0 radical (unpaired) electrons. The maximum atomic E-state index is 11.7. The molecule has 20 heavy (non-hydrogen) atoms. The number of carbonyl (C=O) groups excluding carboxylic acids is 1. The SMILES string of the molecule is CCOC(=O)C(CC)Oc1cc2c(cc1CO)OCO2. The van der Waals surface area contributed by atoms with Crippen molar-refractivity contribution in [1.82, 2.24) is 0 Å². The fourth-order valence-corrected chi connectivity index (χ4v) is 1.89. The van der Waals surface area contributed by atoms with Crippen molar-refractivity contribution in [1.29, 1.82) is 0 Å². The molecule has 0 saturated heterocycles. The summed E-state index contributed by atoms with van der Waals surface area (Å²) < 4.78 is 21.1. The summed E-state index contributed by atoms with van der Waals surface area (Å²) in [6.07, 6.45) is -0.237. The molecule has 0 aliphatic carbocycles. The molecule has 1 aromatic carbocycles. The Morgan fingerprint density at radius 1 is 1.35 bits per heavy atom. The topological polar surface area (TPSA) is 74.2 Å².